The number of nitrogens with one attached hydrogen (secondary N) is 2. The van der Waals surface area contributed by atoms with Crippen molar-refractivity contribution in [1.29, 1.82) is 0 Å². The standard InChI is InChI=1S/C14H18N2O2/c1-2-3-4-14(17)16-12-5-6-13-11(9-12)10-15-7-8-18-13/h2,5-6,9,15H,1,3-4,7-8,10H2,(H,16,17). The van der Waals surface area contributed by atoms with E-state index in [1.807, 2.05) is 18.2 Å². The highest BCUT2D eigenvalue weighted by Gasteiger charge is 2.09. The van der Waals surface area contributed by atoms with Crippen LogP contribution in [0.25, 0.3) is 0 Å². The molecule has 4 nitrogen and oxygen atoms in total. The predicted octanol–water partition coefficient (Wildman–Crippen LogP) is 2.07. The summed E-state index contributed by atoms with van der Waals surface area (Å²) in [5, 5.41) is 6.14. The minimum Gasteiger partial charge on any atom is -0.492 e. The highest BCUT2D eigenvalue weighted by Crippen LogP contribution is 2.24. The summed E-state index contributed by atoms with van der Waals surface area (Å²) in [5.74, 6) is 0.904. The van der Waals surface area contributed by atoms with Crippen LogP contribution in [0.1, 0.15) is 18.4 Å². The van der Waals surface area contributed by atoms with Crippen LogP contribution in [0.4, 0.5) is 5.69 Å². The zero-order chi connectivity index (χ0) is 12.8. The number of allylic oxidation sites excluding steroid dienone is 1. The van der Waals surface area contributed by atoms with Crippen LogP contribution in [-0.2, 0) is 11.3 Å². The Morgan fingerprint density at radius 3 is 3.28 bits per heavy atom. The molecule has 0 bridgehead atoms. The molecular formula is C14H18N2O2. The third-order valence-electron chi connectivity index (χ3n) is 2.77. The number of carbonyl (C=O) groups is 1. The molecule has 0 saturated heterocycles. The molecule has 18 heavy (non-hydrogen) atoms. The monoisotopic (exact) mass is 246 g/mol. The molecule has 0 unspecified atom stereocenters. The molecule has 2 rings (SSSR count). The second-order valence-corrected chi connectivity index (χ2v) is 4.22. The fraction of sp³-hybridized carbons (Fsp3) is 0.357. The number of hydrogen-bond donors (Lipinski definition) is 2. The number of fused-ring (bicyclic) bond motifs is 1. The summed E-state index contributed by atoms with van der Waals surface area (Å²) in [7, 11) is 0. The molecule has 1 aromatic carbocycles. The fourth-order valence-electron chi connectivity index (χ4n) is 1.85. The Hall–Kier alpha value is -1.81. The van der Waals surface area contributed by atoms with Crippen molar-refractivity contribution in [3.05, 3.63) is 36.4 Å². The molecule has 1 aliphatic rings. The second kappa shape index (κ2) is 6.21. The largest absolute Gasteiger partial charge is 0.492 e. The molecule has 1 amide bonds. The first-order valence-corrected chi connectivity index (χ1v) is 6.17. The summed E-state index contributed by atoms with van der Waals surface area (Å²) < 4.78 is 5.58. The topological polar surface area (TPSA) is 50.4 Å². The van der Waals surface area contributed by atoms with E-state index in [1.54, 1.807) is 6.08 Å². The van der Waals surface area contributed by atoms with Gasteiger partial charge in [0.1, 0.15) is 12.4 Å². The van der Waals surface area contributed by atoms with Crippen molar-refractivity contribution in [2.45, 2.75) is 19.4 Å². The molecule has 1 aliphatic heterocycles. The molecule has 0 fully saturated rings. The Balaban J connectivity index is 2.03. The maximum Gasteiger partial charge on any atom is 0.224 e. The van der Waals surface area contributed by atoms with Crippen molar-refractivity contribution < 1.29 is 9.53 Å². The molecule has 0 aromatic heterocycles. The second-order valence-electron chi connectivity index (χ2n) is 4.22. The first kappa shape index (κ1) is 12.6. The van der Waals surface area contributed by atoms with E-state index in [0.717, 1.165) is 30.1 Å². The minimum absolute atomic E-state index is 0.0114. The van der Waals surface area contributed by atoms with Crippen molar-refractivity contribution in [2.24, 2.45) is 0 Å². The normalized spacial score (nSPS) is 14.0. The van der Waals surface area contributed by atoms with E-state index in [9.17, 15) is 4.79 Å². The fourth-order valence-corrected chi connectivity index (χ4v) is 1.85. The van der Waals surface area contributed by atoms with E-state index >= 15 is 0 Å². The summed E-state index contributed by atoms with van der Waals surface area (Å²) in [4.78, 5) is 11.6. The van der Waals surface area contributed by atoms with E-state index in [1.165, 1.54) is 0 Å². The highest BCUT2D eigenvalue weighted by molar-refractivity contribution is 5.90. The lowest BCUT2D eigenvalue weighted by atomic mass is 10.1. The van der Waals surface area contributed by atoms with Gasteiger partial charge in [0.05, 0.1) is 0 Å². The average molecular weight is 246 g/mol. The molecule has 0 aliphatic carbocycles. The van der Waals surface area contributed by atoms with Crippen molar-refractivity contribution in [1.82, 2.24) is 5.32 Å². The summed E-state index contributed by atoms with van der Waals surface area (Å²) in [6, 6.07) is 5.74. The molecule has 1 aromatic rings. The highest BCUT2D eigenvalue weighted by atomic mass is 16.5. The summed E-state index contributed by atoms with van der Waals surface area (Å²) in [5.41, 5.74) is 1.89. The molecular weight excluding hydrogens is 228 g/mol. The van der Waals surface area contributed by atoms with Crippen LogP contribution in [0.5, 0.6) is 5.75 Å². The lowest BCUT2D eigenvalue weighted by molar-refractivity contribution is -0.116. The van der Waals surface area contributed by atoms with E-state index < -0.39 is 0 Å². The van der Waals surface area contributed by atoms with Crippen LogP contribution in [0.2, 0.25) is 0 Å². The minimum atomic E-state index is 0.0114. The first-order valence-electron chi connectivity index (χ1n) is 6.17. The molecule has 2 N–H and O–H groups in total. The van der Waals surface area contributed by atoms with Crippen molar-refractivity contribution in [3.63, 3.8) is 0 Å². The Bertz CT molecular complexity index is 443. The van der Waals surface area contributed by atoms with Gasteiger partial charge in [0.2, 0.25) is 5.91 Å². The molecule has 0 spiro atoms. The Morgan fingerprint density at radius 1 is 1.56 bits per heavy atom. The van der Waals surface area contributed by atoms with Gasteiger partial charge in [0.15, 0.2) is 0 Å². The van der Waals surface area contributed by atoms with Gasteiger partial charge in [-0.2, -0.15) is 0 Å². The third-order valence-corrected chi connectivity index (χ3v) is 2.77. The average Bonchev–Trinajstić information content (AvgIpc) is 2.61. The Kier molecular flexibility index (Phi) is 4.36. The van der Waals surface area contributed by atoms with Crippen LogP contribution >= 0.6 is 0 Å². The Morgan fingerprint density at radius 2 is 2.44 bits per heavy atom. The smallest absolute Gasteiger partial charge is 0.224 e. The van der Waals surface area contributed by atoms with Crippen molar-refractivity contribution >= 4 is 11.6 Å². The molecule has 0 atom stereocenters. The molecule has 0 saturated carbocycles. The maximum atomic E-state index is 11.6. The van der Waals surface area contributed by atoms with Crippen molar-refractivity contribution in [3.8, 4) is 5.75 Å². The van der Waals surface area contributed by atoms with Gasteiger partial charge in [0, 0.05) is 30.8 Å². The van der Waals surface area contributed by atoms with Gasteiger partial charge in [-0.15, -0.1) is 6.58 Å². The maximum absolute atomic E-state index is 11.6. The SMILES string of the molecule is C=CCCC(=O)Nc1ccc2c(c1)CNCCO2. The summed E-state index contributed by atoms with van der Waals surface area (Å²) >= 11 is 0. The lowest BCUT2D eigenvalue weighted by Gasteiger charge is -2.10. The summed E-state index contributed by atoms with van der Waals surface area (Å²) in [6.07, 6.45) is 2.91. The van der Waals surface area contributed by atoms with Gasteiger partial charge in [-0.05, 0) is 24.6 Å². The first-order chi connectivity index (χ1) is 8.79. The number of benzene rings is 1. The quantitative estimate of drug-likeness (QED) is 0.800. The van der Waals surface area contributed by atoms with Crippen LogP contribution in [0, 0.1) is 0 Å². The van der Waals surface area contributed by atoms with Gasteiger partial charge in [-0.25, -0.2) is 0 Å². The van der Waals surface area contributed by atoms with E-state index in [0.29, 0.717) is 19.4 Å². The van der Waals surface area contributed by atoms with Gasteiger partial charge in [-0.3, -0.25) is 4.79 Å². The van der Waals surface area contributed by atoms with Gasteiger partial charge < -0.3 is 15.4 Å². The van der Waals surface area contributed by atoms with Gasteiger partial charge >= 0.3 is 0 Å². The van der Waals surface area contributed by atoms with Gasteiger partial charge in [0.25, 0.3) is 0 Å². The van der Waals surface area contributed by atoms with Gasteiger partial charge in [-0.1, -0.05) is 6.08 Å². The predicted molar refractivity (Wildman–Crippen MR) is 71.7 cm³/mol. The summed E-state index contributed by atoms with van der Waals surface area (Å²) in [6.45, 7) is 5.89. The number of anilines is 1. The van der Waals surface area contributed by atoms with Crippen LogP contribution in [0.3, 0.4) is 0 Å². The lowest BCUT2D eigenvalue weighted by Crippen LogP contribution is -2.16. The molecule has 4 heteroatoms. The third kappa shape index (κ3) is 3.34. The molecule has 0 radical (unpaired) electrons. The zero-order valence-electron chi connectivity index (χ0n) is 10.4. The molecule has 1 heterocycles. The number of ether oxygens (including phenoxy) is 1. The number of hydrogen-bond acceptors (Lipinski definition) is 3. The number of carbonyl (C=O) groups excluding carboxylic acids is 1. The van der Waals surface area contributed by atoms with Crippen LogP contribution in [-0.4, -0.2) is 19.1 Å². The number of amides is 1. The zero-order valence-corrected chi connectivity index (χ0v) is 10.4. The van der Waals surface area contributed by atoms with Crippen LogP contribution < -0.4 is 15.4 Å². The van der Waals surface area contributed by atoms with E-state index in [4.69, 9.17) is 4.74 Å². The van der Waals surface area contributed by atoms with E-state index in [-0.39, 0.29) is 5.91 Å². The van der Waals surface area contributed by atoms with Crippen LogP contribution in [0.15, 0.2) is 30.9 Å². The van der Waals surface area contributed by atoms with Crippen molar-refractivity contribution in [2.75, 3.05) is 18.5 Å². The van der Waals surface area contributed by atoms with E-state index in [2.05, 4.69) is 17.2 Å². The number of rotatable bonds is 4. The Labute approximate surface area is 107 Å². The molecule has 96 valence electrons.